The van der Waals surface area contributed by atoms with Crippen LogP contribution in [0.25, 0.3) is 33.6 Å². The fraction of sp³-hybridized carbons (Fsp3) is 0.258. The smallest absolute Gasteiger partial charge is 0.159 e. The summed E-state index contributed by atoms with van der Waals surface area (Å²) in [5.41, 5.74) is 7.81. The second kappa shape index (κ2) is 11.7. The molecule has 4 aromatic rings. The molecule has 0 unspecified atom stereocenters. The van der Waals surface area contributed by atoms with Crippen LogP contribution in [0.3, 0.4) is 0 Å². The maximum atomic E-state index is 4.99. The van der Waals surface area contributed by atoms with E-state index in [0.717, 1.165) is 75.0 Å². The predicted molar refractivity (Wildman–Crippen MR) is 160 cm³/mol. The zero-order valence-electron chi connectivity index (χ0n) is 22.1. The van der Waals surface area contributed by atoms with Gasteiger partial charge < -0.3 is 10.3 Å². The molecule has 0 aromatic carbocycles. The van der Waals surface area contributed by atoms with Gasteiger partial charge in [0.15, 0.2) is 5.82 Å². The first-order valence-electron chi connectivity index (χ1n) is 13.1. The number of aromatic nitrogens is 5. The minimum absolute atomic E-state index is 0.695. The molecule has 1 aliphatic heterocycles. The number of aryl methyl sites for hydroxylation is 1. The van der Waals surface area contributed by atoms with Crippen LogP contribution in [0.1, 0.15) is 48.1 Å². The molecular formula is C31H34N6S. The fourth-order valence-corrected chi connectivity index (χ4v) is 5.80. The molecule has 38 heavy (non-hydrogen) atoms. The Bertz CT molecular complexity index is 1520. The van der Waals surface area contributed by atoms with Crippen LogP contribution in [0.15, 0.2) is 78.9 Å². The summed E-state index contributed by atoms with van der Waals surface area (Å²) in [7, 11) is 0. The molecule has 7 heteroatoms. The van der Waals surface area contributed by atoms with Gasteiger partial charge in [0.2, 0.25) is 0 Å². The van der Waals surface area contributed by atoms with Crippen molar-refractivity contribution in [2.75, 3.05) is 13.1 Å². The van der Waals surface area contributed by atoms with Crippen LogP contribution in [0.4, 0.5) is 0 Å². The van der Waals surface area contributed by atoms with Gasteiger partial charge in [-0.2, -0.15) is 5.10 Å². The highest BCUT2D eigenvalue weighted by molar-refractivity contribution is 7.11. The van der Waals surface area contributed by atoms with Crippen molar-refractivity contribution in [1.82, 2.24) is 30.5 Å². The second-order valence-electron chi connectivity index (χ2n) is 9.60. The molecule has 1 aliphatic rings. The van der Waals surface area contributed by atoms with Gasteiger partial charge in [-0.05, 0) is 86.9 Å². The van der Waals surface area contributed by atoms with E-state index in [9.17, 15) is 0 Å². The Balaban J connectivity index is 1.49. The molecule has 4 aromatic heterocycles. The molecule has 194 valence electrons. The number of nitrogens with zero attached hydrogens (tertiary/aromatic N) is 3. The molecule has 0 atom stereocenters. The lowest BCUT2D eigenvalue weighted by atomic mass is 9.90. The summed E-state index contributed by atoms with van der Waals surface area (Å²) < 4.78 is 0. The third-order valence-corrected chi connectivity index (χ3v) is 7.98. The van der Waals surface area contributed by atoms with E-state index in [1.54, 1.807) is 17.4 Å². The molecule has 5 heterocycles. The van der Waals surface area contributed by atoms with E-state index in [4.69, 9.17) is 9.97 Å². The Labute approximate surface area is 228 Å². The van der Waals surface area contributed by atoms with Crippen molar-refractivity contribution in [2.45, 2.75) is 33.1 Å². The molecule has 0 radical (unpaired) electrons. The summed E-state index contributed by atoms with van der Waals surface area (Å²) in [6, 6.07) is 6.25. The van der Waals surface area contributed by atoms with E-state index in [1.807, 2.05) is 31.3 Å². The Morgan fingerprint density at radius 3 is 2.79 bits per heavy atom. The van der Waals surface area contributed by atoms with Gasteiger partial charge in [-0.3, -0.25) is 10.1 Å². The van der Waals surface area contributed by atoms with Crippen molar-refractivity contribution in [1.29, 1.82) is 0 Å². The van der Waals surface area contributed by atoms with E-state index in [0.29, 0.717) is 5.92 Å². The van der Waals surface area contributed by atoms with E-state index in [-0.39, 0.29) is 0 Å². The van der Waals surface area contributed by atoms with Gasteiger partial charge in [-0.15, -0.1) is 11.3 Å². The highest BCUT2D eigenvalue weighted by Gasteiger charge is 2.19. The molecule has 0 spiro atoms. The van der Waals surface area contributed by atoms with Gasteiger partial charge in [-0.1, -0.05) is 43.5 Å². The molecule has 5 rings (SSSR count). The first-order chi connectivity index (χ1) is 18.6. The van der Waals surface area contributed by atoms with Crippen LogP contribution in [0.5, 0.6) is 0 Å². The summed E-state index contributed by atoms with van der Waals surface area (Å²) in [5, 5.41) is 14.2. The largest absolute Gasteiger partial charge is 0.340 e. The molecule has 0 bridgehead atoms. The number of aromatic amines is 2. The van der Waals surface area contributed by atoms with Gasteiger partial charge in [0.1, 0.15) is 5.69 Å². The molecule has 1 fully saturated rings. The Hall–Kier alpha value is -3.81. The molecular weight excluding hydrogens is 488 g/mol. The number of piperidine rings is 1. The third kappa shape index (κ3) is 5.39. The standard InChI is InChI=1S/C31H34N6S/c1-5-9-24(28-10-8-15-38-28)29-20(4)34-31(35-29)30-25-18-26(33-19-27(25)36-37-30)23(7-3)17-21(6-2)16-22-11-13-32-14-12-22/h5-10,15,17-19,22,32H,1-2,11-14,16H2,3-4H3,(H,34,35)(H,36,37)/b21-17+,23-7+,24-9-. The Morgan fingerprint density at radius 1 is 1.24 bits per heavy atom. The lowest BCUT2D eigenvalue weighted by Gasteiger charge is -2.23. The summed E-state index contributed by atoms with van der Waals surface area (Å²) >= 11 is 1.69. The highest BCUT2D eigenvalue weighted by Crippen LogP contribution is 2.33. The quantitative estimate of drug-likeness (QED) is 0.202. The normalized spacial score (nSPS) is 15.8. The van der Waals surface area contributed by atoms with Crippen molar-refractivity contribution in [3.05, 3.63) is 101 Å². The van der Waals surface area contributed by atoms with Crippen LogP contribution in [-0.4, -0.2) is 38.2 Å². The minimum Gasteiger partial charge on any atom is -0.340 e. The van der Waals surface area contributed by atoms with Crippen molar-refractivity contribution in [3.8, 4) is 11.5 Å². The molecule has 0 aliphatic carbocycles. The average molecular weight is 523 g/mol. The minimum atomic E-state index is 0.695. The summed E-state index contributed by atoms with van der Waals surface area (Å²) in [4.78, 5) is 14.3. The van der Waals surface area contributed by atoms with Crippen LogP contribution >= 0.6 is 11.3 Å². The molecule has 6 nitrogen and oxygen atoms in total. The number of pyridine rings is 1. The van der Waals surface area contributed by atoms with Crippen LogP contribution in [0, 0.1) is 12.8 Å². The maximum absolute atomic E-state index is 4.99. The van der Waals surface area contributed by atoms with Crippen LogP contribution in [0.2, 0.25) is 0 Å². The molecule has 1 saturated heterocycles. The van der Waals surface area contributed by atoms with Gasteiger partial charge in [0, 0.05) is 21.5 Å². The number of hydrogen-bond acceptors (Lipinski definition) is 5. The van der Waals surface area contributed by atoms with E-state index in [2.05, 4.69) is 70.2 Å². The summed E-state index contributed by atoms with van der Waals surface area (Å²) in [6.07, 6.45) is 15.5. The van der Waals surface area contributed by atoms with E-state index in [1.165, 1.54) is 18.4 Å². The maximum Gasteiger partial charge on any atom is 0.159 e. The summed E-state index contributed by atoms with van der Waals surface area (Å²) in [6.45, 7) is 14.3. The topological polar surface area (TPSA) is 82.3 Å². The number of rotatable bonds is 9. The number of hydrogen-bond donors (Lipinski definition) is 3. The third-order valence-electron chi connectivity index (χ3n) is 7.08. The van der Waals surface area contributed by atoms with Crippen molar-refractivity contribution in [2.24, 2.45) is 5.92 Å². The number of fused-ring (bicyclic) bond motifs is 1. The monoisotopic (exact) mass is 522 g/mol. The fourth-order valence-electron chi connectivity index (χ4n) is 5.04. The predicted octanol–water partition coefficient (Wildman–Crippen LogP) is 7.24. The number of allylic oxidation sites excluding steroid dienone is 7. The number of thiophene rings is 1. The molecule has 3 N–H and O–H groups in total. The SMILES string of the molecule is C=C/C=C(/c1cccs1)c1nc(-c2n[nH]c3cnc(C(/C=C(\C=C)CC4CCNCC4)=C/C)cc23)[nH]c1C. The Morgan fingerprint density at radius 2 is 2.08 bits per heavy atom. The Kier molecular flexibility index (Phi) is 7.96. The number of imidazole rings is 1. The van der Waals surface area contributed by atoms with Crippen LogP contribution < -0.4 is 5.32 Å². The van der Waals surface area contributed by atoms with Crippen molar-refractivity contribution < 1.29 is 0 Å². The highest BCUT2D eigenvalue weighted by atomic mass is 32.1. The first kappa shape index (κ1) is 25.8. The zero-order chi connectivity index (χ0) is 26.5. The van der Waals surface area contributed by atoms with E-state index < -0.39 is 0 Å². The van der Waals surface area contributed by atoms with Gasteiger partial charge >= 0.3 is 0 Å². The zero-order valence-corrected chi connectivity index (χ0v) is 22.9. The second-order valence-corrected chi connectivity index (χ2v) is 10.6. The van der Waals surface area contributed by atoms with Crippen molar-refractivity contribution in [3.63, 3.8) is 0 Å². The molecule has 0 amide bonds. The summed E-state index contributed by atoms with van der Waals surface area (Å²) in [5.74, 6) is 1.42. The van der Waals surface area contributed by atoms with Gasteiger partial charge in [0.05, 0.1) is 23.1 Å². The van der Waals surface area contributed by atoms with Crippen molar-refractivity contribution >= 4 is 33.4 Å². The van der Waals surface area contributed by atoms with E-state index >= 15 is 0 Å². The van der Waals surface area contributed by atoms with Gasteiger partial charge in [-0.25, -0.2) is 4.98 Å². The first-order valence-corrected chi connectivity index (χ1v) is 14.0. The number of nitrogens with one attached hydrogen (secondary N) is 3. The number of H-pyrrole nitrogens is 2. The lowest BCUT2D eigenvalue weighted by molar-refractivity contribution is 0.374. The van der Waals surface area contributed by atoms with Crippen LogP contribution in [-0.2, 0) is 0 Å². The average Bonchev–Trinajstić information content (AvgIpc) is 3.70. The van der Waals surface area contributed by atoms with Gasteiger partial charge in [0.25, 0.3) is 0 Å². The molecule has 0 saturated carbocycles. The lowest BCUT2D eigenvalue weighted by Crippen LogP contribution is -2.27.